The molecule has 0 aliphatic rings. The van der Waals surface area contributed by atoms with Gasteiger partial charge in [-0.3, -0.25) is 14.2 Å². The summed E-state index contributed by atoms with van der Waals surface area (Å²) in [5, 5.41) is 2.63. The van der Waals surface area contributed by atoms with Crippen molar-refractivity contribution in [3.05, 3.63) is 54.7 Å². The number of hydrogen-bond acceptors (Lipinski definition) is 3. The number of amides is 1. The van der Waals surface area contributed by atoms with Crippen LogP contribution in [-0.4, -0.2) is 26.8 Å². The van der Waals surface area contributed by atoms with E-state index in [1.54, 1.807) is 23.0 Å². The zero-order chi connectivity index (χ0) is 14.7. The molecule has 3 heterocycles. The van der Waals surface area contributed by atoms with Crippen molar-refractivity contribution in [3.8, 4) is 23.6 Å². The molecule has 5 nitrogen and oxygen atoms in total. The summed E-state index contributed by atoms with van der Waals surface area (Å²) in [6.45, 7) is 0.169. The molecule has 0 aliphatic heterocycles. The van der Waals surface area contributed by atoms with E-state index in [-0.39, 0.29) is 12.5 Å². The maximum atomic E-state index is 12.2. The van der Waals surface area contributed by atoms with Gasteiger partial charge < -0.3 is 5.32 Å². The highest BCUT2D eigenvalue weighted by molar-refractivity contribution is 5.94. The highest BCUT2D eigenvalue weighted by Crippen LogP contribution is 2.23. The molecular formula is C16H12N4O. The first-order chi connectivity index (χ1) is 10.3. The van der Waals surface area contributed by atoms with Gasteiger partial charge in [-0.2, -0.15) is 0 Å². The Morgan fingerprint density at radius 1 is 1.33 bits per heavy atom. The monoisotopic (exact) mass is 276 g/mol. The predicted octanol–water partition coefficient (Wildman–Crippen LogP) is 1.76. The minimum absolute atomic E-state index is 0.169. The molecule has 5 heteroatoms. The van der Waals surface area contributed by atoms with Crippen molar-refractivity contribution >= 4 is 11.4 Å². The summed E-state index contributed by atoms with van der Waals surface area (Å²) >= 11 is 0. The molecular weight excluding hydrogens is 264 g/mol. The van der Waals surface area contributed by atoms with E-state index in [0.717, 1.165) is 16.8 Å². The third kappa shape index (κ3) is 2.35. The van der Waals surface area contributed by atoms with Crippen LogP contribution in [0, 0.1) is 12.3 Å². The molecule has 3 aromatic rings. The van der Waals surface area contributed by atoms with E-state index in [0.29, 0.717) is 5.82 Å². The summed E-state index contributed by atoms with van der Waals surface area (Å²) in [4.78, 5) is 20.7. The number of hydrogen-bond donors (Lipinski definition) is 1. The normalized spacial score (nSPS) is 10.2. The van der Waals surface area contributed by atoms with Crippen LogP contribution in [-0.2, 0) is 0 Å². The largest absolute Gasteiger partial charge is 0.338 e. The fourth-order valence-electron chi connectivity index (χ4n) is 2.12. The van der Waals surface area contributed by atoms with E-state index in [1.807, 2.05) is 30.3 Å². The molecule has 1 amide bonds. The molecule has 102 valence electrons. The van der Waals surface area contributed by atoms with E-state index >= 15 is 0 Å². The molecule has 0 unspecified atom stereocenters. The molecule has 3 aromatic heterocycles. The summed E-state index contributed by atoms with van der Waals surface area (Å²) in [5.41, 5.74) is 2.42. The van der Waals surface area contributed by atoms with Crippen molar-refractivity contribution in [2.45, 2.75) is 0 Å². The second kappa shape index (κ2) is 5.47. The van der Waals surface area contributed by atoms with Crippen LogP contribution in [0.15, 0.2) is 48.9 Å². The zero-order valence-corrected chi connectivity index (χ0v) is 11.2. The molecule has 1 N–H and O–H groups in total. The van der Waals surface area contributed by atoms with Gasteiger partial charge in [-0.15, -0.1) is 6.42 Å². The average Bonchev–Trinajstić information content (AvgIpc) is 2.93. The van der Waals surface area contributed by atoms with Crippen molar-refractivity contribution in [1.29, 1.82) is 0 Å². The number of nitrogens with one attached hydrogen (secondary N) is 1. The number of carbonyl (C=O) groups is 1. The Morgan fingerprint density at radius 3 is 3.00 bits per heavy atom. The van der Waals surface area contributed by atoms with Gasteiger partial charge in [0.15, 0.2) is 0 Å². The highest BCUT2D eigenvalue weighted by Gasteiger charge is 2.17. The Hall–Kier alpha value is -3.13. The van der Waals surface area contributed by atoms with Gasteiger partial charge in [0.2, 0.25) is 5.82 Å². The molecule has 0 radical (unpaired) electrons. The Kier molecular flexibility index (Phi) is 3.36. The molecule has 0 spiro atoms. The lowest BCUT2D eigenvalue weighted by molar-refractivity contribution is 0.0948. The van der Waals surface area contributed by atoms with Crippen LogP contribution < -0.4 is 5.32 Å². The summed E-state index contributed by atoms with van der Waals surface area (Å²) in [5.74, 6) is 2.38. The van der Waals surface area contributed by atoms with Crippen LogP contribution in [0.1, 0.15) is 10.6 Å². The molecule has 0 saturated heterocycles. The fraction of sp³-hybridized carbons (Fsp3) is 0.0625. The third-order valence-corrected chi connectivity index (χ3v) is 3.04. The standard InChI is InChI=1S/C16H12N4O/c1-2-8-18-16(21)15-19-14(12-6-5-9-17-11-12)13-7-3-4-10-20(13)15/h1,3-7,9-11H,8H2,(H,18,21). The Balaban J connectivity index is 2.15. The van der Waals surface area contributed by atoms with Crippen LogP contribution in [0.5, 0.6) is 0 Å². The lowest BCUT2D eigenvalue weighted by Crippen LogP contribution is -2.25. The number of imidazole rings is 1. The zero-order valence-electron chi connectivity index (χ0n) is 11.2. The summed E-state index contributed by atoms with van der Waals surface area (Å²) in [6, 6.07) is 9.40. The number of carbonyl (C=O) groups excluding carboxylic acids is 1. The van der Waals surface area contributed by atoms with Crippen LogP contribution in [0.2, 0.25) is 0 Å². The smallest absolute Gasteiger partial charge is 0.288 e. The predicted molar refractivity (Wildman–Crippen MR) is 79.6 cm³/mol. The molecule has 0 atom stereocenters. The molecule has 3 rings (SSSR count). The number of nitrogens with zero attached hydrogens (tertiary/aromatic N) is 3. The minimum atomic E-state index is -0.302. The van der Waals surface area contributed by atoms with E-state index in [4.69, 9.17) is 6.42 Å². The molecule has 21 heavy (non-hydrogen) atoms. The highest BCUT2D eigenvalue weighted by atomic mass is 16.2. The maximum Gasteiger partial charge on any atom is 0.288 e. The summed E-state index contributed by atoms with van der Waals surface area (Å²) < 4.78 is 1.74. The van der Waals surface area contributed by atoms with Gasteiger partial charge >= 0.3 is 0 Å². The first kappa shape index (κ1) is 12.9. The fourth-order valence-corrected chi connectivity index (χ4v) is 2.12. The number of rotatable bonds is 3. The van der Waals surface area contributed by atoms with Crippen molar-refractivity contribution in [1.82, 2.24) is 19.7 Å². The SMILES string of the molecule is C#CCNC(=O)c1nc(-c2cccnc2)c2ccccn12. The lowest BCUT2D eigenvalue weighted by atomic mass is 10.2. The topological polar surface area (TPSA) is 59.3 Å². The first-order valence-corrected chi connectivity index (χ1v) is 6.40. The second-order valence-corrected chi connectivity index (χ2v) is 4.37. The van der Waals surface area contributed by atoms with Crippen molar-refractivity contribution in [2.24, 2.45) is 0 Å². The molecule has 0 aromatic carbocycles. The number of terminal acetylenes is 1. The Morgan fingerprint density at radius 2 is 2.24 bits per heavy atom. The van der Waals surface area contributed by atoms with Gasteiger partial charge in [-0.1, -0.05) is 12.0 Å². The van der Waals surface area contributed by atoms with E-state index in [9.17, 15) is 4.79 Å². The van der Waals surface area contributed by atoms with Crippen LogP contribution in [0.4, 0.5) is 0 Å². The van der Waals surface area contributed by atoms with Gasteiger partial charge in [0.1, 0.15) is 0 Å². The van der Waals surface area contributed by atoms with Crippen molar-refractivity contribution < 1.29 is 4.79 Å². The van der Waals surface area contributed by atoms with Gasteiger partial charge in [0.05, 0.1) is 17.8 Å². The average molecular weight is 276 g/mol. The van der Waals surface area contributed by atoms with E-state index in [1.165, 1.54) is 0 Å². The van der Waals surface area contributed by atoms with Gasteiger partial charge in [0.25, 0.3) is 5.91 Å². The van der Waals surface area contributed by atoms with Crippen LogP contribution >= 0.6 is 0 Å². The number of pyridine rings is 2. The molecule has 0 fully saturated rings. The van der Waals surface area contributed by atoms with E-state index < -0.39 is 0 Å². The second-order valence-electron chi connectivity index (χ2n) is 4.37. The Bertz CT molecular complexity index is 830. The molecule has 0 bridgehead atoms. The third-order valence-electron chi connectivity index (χ3n) is 3.04. The van der Waals surface area contributed by atoms with E-state index in [2.05, 4.69) is 21.2 Å². The van der Waals surface area contributed by atoms with Gasteiger partial charge in [0, 0.05) is 24.2 Å². The van der Waals surface area contributed by atoms with Crippen molar-refractivity contribution in [3.63, 3.8) is 0 Å². The van der Waals surface area contributed by atoms with Crippen LogP contribution in [0.3, 0.4) is 0 Å². The van der Waals surface area contributed by atoms with Crippen LogP contribution in [0.25, 0.3) is 16.8 Å². The summed E-state index contributed by atoms with van der Waals surface area (Å²) in [6.07, 6.45) is 10.4. The number of aromatic nitrogens is 3. The molecule has 0 aliphatic carbocycles. The maximum absolute atomic E-state index is 12.2. The Labute approximate surface area is 121 Å². The first-order valence-electron chi connectivity index (χ1n) is 6.40. The summed E-state index contributed by atoms with van der Waals surface area (Å²) in [7, 11) is 0. The lowest BCUT2D eigenvalue weighted by Gasteiger charge is -2.00. The number of fused-ring (bicyclic) bond motifs is 1. The van der Waals surface area contributed by atoms with Gasteiger partial charge in [-0.25, -0.2) is 4.98 Å². The molecule has 0 saturated carbocycles. The van der Waals surface area contributed by atoms with Crippen molar-refractivity contribution in [2.75, 3.05) is 6.54 Å². The minimum Gasteiger partial charge on any atom is -0.338 e. The van der Waals surface area contributed by atoms with Gasteiger partial charge in [-0.05, 0) is 24.3 Å². The quantitative estimate of drug-likeness (QED) is 0.742.